The fourth-order valence-corrected chi connectivity index (χ4v) is 6.33. The molecule has 0 amide bonds. The van der Waals surface area contributed by atoms with E-state index >= 15 is 0 Å². The third kappa shape index (κ3) is 2.86. The van der Waals surface area contributed by atoms with Gasteiger partial charge in [0, 0.05) is 13.1 Å². The first-order chi connectivity index (χ1) is 13.5. The molecule has 5 rings (SSSR count). The van der Waals surface area contributed by atoms with Gasteiger partial charge in [-0.25, -0.2) is 13.4 Å². The monoisotopic (exact) mass is 395 g/mol. The van der Waals surface area contributed by atoms with Crippen LogP contribution in [0, 0.1) is 6.92 Å². The van der Waals surface area contributed by atoms with Crippen molar-refractivity contribution in [1.82, 2.24) is 13.9 Å². The van der Waals surface area contributed by atoms with Crippen LogP contribution in [0.5, 0.6) is 0 Å². The number of hydrogen-bond acceptors (Lipinski definition) is 3. The van der Waals surface area contributed by atoms with Gasteiger partial charge in [0.25, 0.3) is 0 Å². The Morgan fingerprint density at radius 1 is 1.04 bits per heavy atom. The molecule has 1 aromatic heterocycles. The predicted octanol–water partition coefficient (Wildman–Crippen LogP) is 3.86. The fourth-order valence-electron chi connectivity index (χ4n) is 4.78. The van der Waals surface area contributed by atoms with E-state index in [9.17, 15) is 8.42 Å². The summed E-state index contributed by atoms with van der Waals surface area (Å²) in [5.41, 5.74) is 4.57. The SMILES string of the molecule is Cc1nc2ccccc2n1[C@H]1CCN(S(=O)(=O)c2ccc3c(c2)CCCC3)C1. The van der Waals surface area contributed by atoms with E-state index in [0.717, 1.165) is 42.5 Å². The summed E-state index contributed by atoms with van der Waals surface area (Å²) < 4.78 is 30.4. The van der Waals surface area contributed by atoms with E-state index in [0.29, 0.717) is 18.0 Å². The molecule has 0 radical (unpaired) electrons. The summed E-state index contributed by atoms with van der Waals surface area (Å²) in [6, 6.07) is 13.9. The first-order valence-electron chi connectivity index (χ1n) is 10.1. The maximum Gasteiger partial charge on any atom is 0.243 e. The molecule has 1 atom stereocenters. The van der Waals surface area contributed by atoms with Crippen molar-refractivity contribution in [2.75, 3.05) is 13.1 Å². The highest BCUT2D eigenvalue weighted by Gasteiger charge is 2.34. The van der Waals surface area contributed by atoms with E-state index in [-0.39, 0.29) is 6.04 Å². The molecule has 146 valence electrons. The van der Waals surface area contributed by atoms with Crippen LogP contribution in [0.3, 0.4) is 0 Å². The number of rotatable bonds is 3. The summed E-state index contributed by atoms with van der Waals surface area (Å²) in [6.45, 7) is 3.05. The number of para-hydroxylation sites is 2. The Hall–Kier alpha value is -2.18. The van der Waals surface area contributed by atoms with Crippen LogP contribution in [0.15, 0.2) is 47.4 Å². The average molecular weight is 396 g/mol. The highest BCUT2D eigenvalue weighted by atomic mass is 32.2. The Morgan fingerprint density at radius 2 is 1.82 bits per heavy atom. The van der Waals surface area contributed by atoms with Gasteiger partial charge in [0.2, 0.25) is 10.0 Å². The number of imidazole rings is 1. The second-order valence-electron chi connectivity index (χ2n) is 7.96. The topological polar surface area (TPSA) is 55.2 Å². The molecule has 2 heterocycles. The molecular weight excluding hydrogens is 370 g/mol. The molecule has 28 heavy (non-hydrogen) atoms. The Morgan fingerprint density at radius 3 is 2.68 bits per heavy atom. The van der Waals surface area contributed by atoms with E-state index in [2.05, 4.69) is 15.6 Å². The number of hydrogen-bond donors (Lipinski definition) is 0. The van der Waals surface area contributed by atoms with Crippen LogP contribution < -0.4 is 0 Å². The molecule has 6 heteroatoms. The quantitative estimate of drug-likeness (QED) is 0.677. The number of sulfonamides is 1. The first-order valence-corrected chi connectivity index (χ1v) is 11.5. The average Bonchev–Trinajstić information content (AvgIpc) is 3.31. The maximum absolute atomic E-state index is 13.3. The van der Waals surface area contributed by atoms with Crippen LogP contribution >= 0.6 is 0 Å². The van der Waals surface area contributed by atoms with Crippen molar-refractivity contribution in [3.05, 3.63) is 59.4 Å². The molecule has 1 aliphatic carbocycles. The molecule has 0 spiro atoms. The minimum atomic E-state index is -3.46. The van der Waals surface area contributed by atoms with Gasteiger partial charge in [0.15, 0.2) is 0 Å². The fraction of sp³-hybridized carbons (Fsp3) is 0.409. The summed E-state index contributed by atoms with van der Waals surface area (Å²) in [4.78, 5) is 5.09. The van der Waals surface area contributed by atoms with E-state index in [4.69, 9.17) is 0 Å². The minimum absolute atomic E-state index is 0.125. The van der Waals surface area contributed by atoms with Crippen molar-refractivity contribution in [2.24, 2.45) is 0 Å². The van der Waals surface area contributed by atoms with Gasteiger partial charge in [-0.1, -0.05) is 18.2 Å². The lowest BCUT2D eigenvalue weighted by Gasteiger charge is -2.21. The highest BCUT2D eigenvalue weighted by Crippen LogP contribution is 2.32. The van der Waals surface area contributed by atoms with Crippen molar-refractivity contribution in [3.63, 3.8) is 0 Å². The van der Waals surface area contributed by atoms with Gasteiger partial charge in [-0.15, -0.1) is 0 Å². The van der Waals surface area contributed by atoms with E-state index in [1.165, 1.54) is 17.5 Å². The molecule has 0 bridgehead atoms. The molecular formula is C22H25N3O2S. The molecule has 2 aliphatic rings. The molecule has 0 N–H and O–H groups in total. The van der Waals surface area contributed by atoms with E-state index in [1.54, 1.807) is 10.4 Å². The summed E-state index contributed by atoms with van der Waals surface area (Å²) >= 11 is 0. The van der Waals surface area contributed by atoms with Crippen LogP contribution in [0.1, 0.15) is 42.3 Å². The van der Waals surface area contributed by atoms with Crippen molar-refractivity contribution >= 4 is 21.1 Å². The van der Waals surface area contributed by atoms with Gasteiger partial charge >= 0.3 is 0 Å². The first kappa shape index (κ1) is 17.9. The third-order valence-electron chi connectivity index (χ3n) is 6.22. The van der Waals surface area contributed by atoms with Gasteiger partial charge in [0.05, 0.1) is 22.0 Å². The summed E-state index contributed by atoms with van der Waals surface area (Å²) in [7, 11) is -3.46. The molecule has 3 aromatic rings. The van der Waals surface area contributed by atoms with Crippen LogP contribution in [0.25, 0.3) is 11.0 Å². The van der Waals surface area contributed by atoms with Gasteiger partial charge in [-0.05, 0) is 74.4 Å². The number of fused-ring (bicyclic) bond motifs is 2. The zero-order valence-electron chi connectivity index (χ0n) is 16.1. The van der Waals surface area contributed by atoms with Crippen molar-refractivity contribution < 1.29 is 8.42 Å². The van der Waals surface area contributed by atoms with Gasteiger partial charge < -0.3 is 4.57 Å². The van der Waals surface area contributed by atoms with Crippen LogP contribution in [0.2, 0.25) is 0 Å². The lowest BCUT2D eigenvalue weighted by atomic mass is 9.92. The Bertz CT molecular complexity index is 1150. The molecule has 5 nitrogen and oxygen atoms in total. The molecule has 2 aromatic carbocycles. The molecule has 1 saturated heterocycles. The molecule has 1 aliphatic heterocycles. The predicted molar refractivity (Wildman–Crippen MR) is 110 cm³/mol. The second-order valence-corrected chi connectivity index (χ2v) is 9.90. The Labute approximate surface area is 166 Å². The Kier molecular flexibility index (Phi) is 4.29. The summed E-state index contributed by atoms with van der Waals surface area (Å²) in [5.74, 6) is 0.944. The normalized spacial score (nSPS) is 20.5. The summed E-state index contributed by atoms with van der Waals surface area (Å²) in [5, 5.41) is 0. The lowest BCUT2D eigenvalue weighted by Crippen LogP contribution is -2.29. The number of aromatic nitrogens is 2. The number of benzene rings is 2. The smallest absolute Gasteiger partial charge is 0.243 e. The van der Waals surface area contributed by atoms with Crippen molar-refractivity contribution in [3.8, 4) is 0 Å². The number of nitrogens with zero attached hydrogens (tertiary/aromatic N) is 3. The van der Waals surface area contributed by atoms with E-state index in [1.807, 2.05) is 37.3 Å². The zero-order chi connectivity index (χ0) is 19.3. The number of aryl methyl sites for hydroxylation is 3. The van der Waals surface area contributed by atoms with Gasteiger partial charge in [-0.2, -0.15) is 4.31 Å². The van der Waals surface area contributed by atoms with Crippen LogP contribution in [-0.2, 0) is 22.9 Å². The second kappa shape index (κ2) is 6.71. The third-order valence-corrected chi connectivity index (χ3v) is 8.08. The van der Waals surface area contributed by atoms with Crippen LogP contribution in [-0.4, -0.2) is 35.4 Å². The minimum Gasteiger partial charge on any atom is -0.324 e. The summed E-state index contributed by atoms with van der Waals surface area (Å²) in [6.07, 6.45) is 5.21. The lowest BCUT2D eigenvalue weighted by molar-refractivity contribution is 0.452. The molecule has 1 fully saturated rings. The van der Waals surface area contributed by atoms with Gasteiger partial charge in [0.1, 0.15) is 5.82 Å². The standard InChI is InChI=1S/C22H25N3O2S/c1-16-23-21-8-4-5-9-22(21)25(16)19-12-13-24(15-19)28(26,27)20-11-10-17-6-2-3-7-18(17)14-20/h4-5,8-11,14,19H,2-3,6-7,12-13,15H2,1H3/t19-/m0/s1. The highest BCUT2D eigenvalue weighted by molar-refractivity contribution is 7.89. The maximum atomic E-state index is 13.3. The molecule has 0 unspecified atom stereocenters. The van der Waals surface area contributed by atoms with Crippen molar-refractivity contribution in [2.45, 2.75) is 50.0 Å². The Balaban J connectivity index is 1.44. The van der Waals surface area contributed by atoms with E-state index < -0.39 is 10.0 Å². The largest absolute Gasteiger partial charge is 0.324 e. The van der Waals surface area contributed by atoms with Crippen LogP contribution in [0.4, 0.5) is 0 Å². The van der Waals surface area contributed by atoms with Gasteiger partial charge in [-0.3, -0.25) is 0 Å². The van der Waals surface area contributed by atoms with Crippen molar-refractivity contribution in [1.29, 1.82) is 0 Å². The molecule has 0 saturated carbocycles. The zero-order valence-corrected chi connectivity index (χ0v) is 17.0.